The van der Waals surface area contributed by atoms with E-state index in [0.29, 0.717) is 26.3 Å². The molecule has 0 radical (unpaired) electrons. The van der Waals surface area contributed by atoms with Gasteiger partial charge in [0.25, 0.3) is 0 Å². The third-order valence-corrected chi connectivity index (χ3v) is 3.24. The fourth-order valence-corrected chi connectivity index (χ4v) is 1.92. The van der Waals surface area contributed by atoms with Gasteiger partial charge in [0.1, 0.15) is 0 Å². The molecule has 6 nitrogen and oxygen atoms in total. The molecule has 2 N–H and O–H groups in total. The van der Waals surface area contributed by atoms with Crippen LogP contribution in [0.5, 0.6) is 0 Å². The molecule has 0 rings (SSSR count). The Kier molecular flexibility index (Phi) is 17.3. The molecule has 0 bridgehead atoms. The van der Waals surface area contributed by atoms with E-state index in [1.54, 1.807) is 0 Å². The van der Waals surface area contributed by atoms with Crippen LogP contribution in [-0.2, 0) is 9.47 Å². The molecule has 0 aliphatic heterocycles. The quantitative estimate of drug-likeness (QED) is 0.410. The van der Waals surface area contributed by atoms with Gasteiger partial charge in [-0.15, -0.1) is 0 Å². The summed E-state index contributed by atoms with van der Waals surface area (Å²) in [5, 5.41) is 5.17. The zero-order valence-electron chi connectivity index (χ0n) is 16.1. The minimum absolute atomic E-state index is 0.350. The number of unbranched alkanes of at least 4 members (excludes halogenated alkanes) is 6. The van der Waals surface area contributed by atoms with E-state index >= 15 is 0 Å². The molecule has 0 aliphatic carbocycles. The molecule has 0 aromatic carbocycles. The number of amides is 2. The van der Waals surface area contributed by atoms with E-state index in [9.17, 15) is 9.59 Å². The molecule has 0 aromatic rings. The SMILES string of the molecule is CCNC(=O)OCCCCCC#CC#CCCCCCOC(=O)NCC. The number of carbonyl (C=O) groups is 2. The molecule has 0 aromatic heterocycles. The third kappa shape index (κ3) is 18.0. The lowest BCUT2D eigenvalue weighted by atomic mass is 10.2. The Hall–Kier alpha value is -2.34. The predicted octanol–water partition coefficient (Wildman–Crippen LogP) is 3.61. The zero-order valence-corrected chi connectivity index (χ0v) is 16.1. The van der Waals surface area contributed by atoms with Gasteiger partial charge < -0.3 is 20.1 Å². The van der Waals surface area contributed by atoms with Gasteiger partial charge in [-0.1, -0.05) is 11.8 Å². The standard InChI is InChI=1S/C20H32N2O4/c1-3-21-19(23)25-17-15-13-11-9-7-5-6-8-10-12-14-16-18-26-20(24)22-4-2/h3-4,9-18H2,1-2H3,(H,21,23)(H,22,24). The fraction of sp³-hybridized carbons (Fsp3) is 0.700. The first-order valence-corrected chi connectivity index (χ1v) is 9.47. The van der Waals surface area contributed by atoms with Gasteiger partial charge in [-0.05, 0) is 64.2 Å². The summed E-state index contributed by atoms with van der Waals surface area (Å²) in [4.78, 5) is 22.1. The topological polar surface area (TPSA) is 76.7 Å². The smallest absolute Gasteiger partial charge is 0.407 e. The average molecular weight is 364 g/mol. The second-order valence-electron chi connectivity index (χ2n) is 5.56. The summed E-state index contributed by atoms with van der Waals surface area (Å²) < 4.78 is 9.95. The molecule has 0 spiro atoms. The lowest BCUT2D eigenvalue weighted by molar-refractivity contribution is 0.143. The molecular formula is C20H32N2O4. The van der Waals surface area contributed by atoms with Crippen LogP contribution in [0.4, 0.5) is 9.59 Å². The minimum atomic E-state index is -0.350. The third-order valence-electron chi connectivity index (χ3n) is 3.24. The zero-order chi connectivity index (χ0) is 19.3. The van der Waals surface area contributed by atoms with Crippen LogP contribution in [0.25, 0.3) is 0 Å². The van der Waals surface area contributed by atoms with E-state index in [2.05, 4.69) is 34.3 Å². The van der Waals surface area contributed by atoms with Gasteiger partial charge in [-0.3, -0.25) is 0 Å². The molecule has 0 heterocycles. The maximum absolute atomic E-state index is 11.0. The van der Waals surface area contributed by atoms with Gasteiger partial charge >= 0.3 is 12.2 Å². The summed E-state index contributed by atoms with van der Waals surface area (Å²) >= 11 is 0. The van der Waals surface area contributed by atoms with Crippen molar-refractivity contribution >= 4 is 12.2 Å². The van der Waals surface area contributed by atoms with Gasteiger partial charge in [0, 0.05) is 25.9 Å². The lowest BCUT2D eigenvalue weighted by Crippen LogP contribution is -2.23. The summed E-state index contributed by atoms with van der Waals surface area (Å²) in [5.74, 6) is 11.8. The van der Waals surface area contributed by atoms with E-state index in [1.165, 1.54) is 0 Å². The fourth-order valence-electron chi connectivity index (χ4n) is 1.92. The maximum atomic E-state index is 11.0. The number of carbonyl (C=O) groups excluding carboxylic acids is 2. The van der Waals surface area contributed by atoms with Crippen molar-refractivity contribution < 1.29 is 19.1 Å². The number of rotatable bonds is 12. The molecular weight excluding hydrogens is 332 g/mol. The van der Waals surface area contributed by atoms with E-state index in [4.69, 9.17) is 9.47 Å². The molecule has 2 amide bonds. The van der Waals surface area contributed by atoms with E-state index in [-0.39, 0.29) is 12.2 Å². The number of hydrogen-bond donors (Lipinski definition) is 2. The van der Waals surface area contributed by atoms with Crippen LogP contribution in [-0.4, -0.2) is 38.5 Å². The minimum Gasteiger partial charge on any atom is -0.450 e. The van der Waals surface area contributed by atoms with Crippen molar-refractivity contribution in [2.45, 2.75) is 65.2 Å². The first-order chi connectivity index (χ1) is 12.7. The van der Waals surface area contributed by atoms with Crippen LogP contribution < -0.4 is 10.6 Å². The monoisotopic (exact) mass is 364 g/mol. The van der Waals surface area contributed by atoms with Gasteiger partial charge in [-0.2, -0.15) is 0 Å². The van der Waals surface area contributed by atoms with Gasteiger partial charge in [0.2, 0.25) is 0 Å². The number of hydrogen-bond acceptors (Lipinski definition) is 4. The average Bonchev–Trinajstić information content (AvgIpc) is 2.61. The first-order valence-electron chi connectivity index (χ1n) is 9.47. The first kappa shape index (κ1) is 23.7. The molecule has 0 saturated carbocycles. The number of nitrogens with one attached hydrogen (secondary N) is 2. The highest BCUT2D eigenvalue weighted by Gasteiger charge is 1.98. The summed E-state index contributed by atoms with van der Waals surface area (Å²) in [5.41, 5.74) is 0. The Bertz CT molecular complexity index is 451. The highest BCUT2D eigenvalue weighted by molar-refractivity contribution is 5.67. The highest BCUT2D eigenvalue weighted by atomic mass is 16.6. The second kappa shape index (κ2) is 19.0. The maximum Gasteiger partial charge on any atom is 0.407 e. The Morgan fingerprint density at radius 2 is 1.12 bits per heavy atom. The molecule has 0 unspecified atom stereocenters. The van der Waals surface area contributed by atoms with E-state index < -0.39 is 0 Å². The Labute approximate surface area is 157 Å². The number of alkyl carbamates (subject to hydrolysis) is 2. The summed E-state index contributed by atoms with van der Waals surface area (Å²) in [6, 6.07) is 0. The molecule has 0 saturated heterocycles. The lowest BCUT2D eigenvalue weighted by Gasteiger charge is -2.03. The molecule has 146 valence electrons. The van der Waals surface area contributed by atoms with Crippen molar-refractivity contribution in [2.24, 2.45) is 0 Å². The summed E-state index contributed by atoms with van der Waals surface area (Å²) in [6.45, 7) is 5.78. The Morgan fingerprint density at radius 1 is 0.692 bits per heavy atom. The van der Waals surface area contributed by atoms with Crippen molar-refractivity contribution in [3.05, 3.63) is 0 Å². The molecule has 6 heteroatoms. The Balaban J connectivity index is 3.39. The summed E-state index contributed by atoms with van der Waals surface area (Å²) in [7, 11) is 0. The van der Waals surface area contributed by atoms with Crippen LogP contribution in [0.2, 0.25) is 0 Å². The van der Waals surface area contributed by atoms with Crippen molar-refractivity contribution in [3.8, 4) is 23.7 Å². The van der Waals surface area contributed by atoms with Crippen LogP contribution in [0.15, 0.2) is 0 Å². The molecule has 26 heavy (non-hydrogen) atoms. The predicted molar refractivity (Wildman–Crippen MR) is 103 cm³/mol. The van der Waals surface area contributed by atoms with Crippen LogP contribution in [0.3, 0.4) is 0 Å². The normalized spacial score (nSPS) is 9.15. The van der Waals surface area contributed by atoms with Crippen LogP contribution in [0, 0.1) is 23.7 Å². The van der Waals surface area contributed by atoms with Gasteiger partial charge in [0.05, 0.1) is 13.2 Å². The van der Waals surface area contributed by atoms with Crippen LogP contribution >= 0.6 is 0 Å². The molecule has 0 atom stereocenters. The molecule has 0 fully saturated rings. The highest BCUT2D eigenvalue weighted by Crippen LogP contribution is 2.00. The van der Waals surface area contributed by atoms with E-state index in [0.717, 1.165) is 51.4 Å². The van der Waals surface area contributed by atoms with E-state index in [1.807, 2.05) is 13.8 Å². The second-order valence-corrected chi connectivity index (χ2v) is 5.56. The van der Waals surface area contributed by atoms with Crippen molar-refractivity contribution in [2.75, 3.05) is 26.3 Å². The van der Waals surface area contributed by atoms with Crippen molar-refractivity contribution in [3.63, 3.8) is 0 Å². The Morgan fingerprint density at radius 3 is 1.50 bits per heavy atom. The largest absolute Gasteiger partial charge is 0.450 e. The van der Waals surface area contributed by atoms with Crippen molar-refractivity contribution in [1.29, 1.82) is 0 Å². The summed E-state index contributed by atoms with van der Waals surface area (Å²) in [6.07, 6.45) is 6.58. The van der Waals surface area contributed by atoms with Gasteiger partial charge in [-0.25, -0.2) is 9.59 Å². The molecule has 0 aliphatic rings. The van der Waals surface area contributed by atoms with Crippen molar-refractivity contribution in [1.82, 2.24) is 10.6 Å². The van der Waals surface area contributed by atoms with Gasteiger partial charge in [0.15, 0.2) is 0 Å². The number of ether oxygens (including phenoxy) is 2. The van der Waals surface area contributed by atoms with Crippen LogP contribution in [0.1, 0.15) is 65.2 Å².